The Morgan fingerprint density at radius 2 is 1.88 bits per heavy atom. The second kappa shape index (κ2) is 4.57. The molecule has 0 aromatic heterocycles. The van der Waals surface area contributed by atoms with Crippen LogP contribution in [0.1, 0.15) is 0 Å². The van der Waals surface area contributed by atoms with E-state index >= 15 is 0 Å². The SMILES string of the molecule is COc1ccc2cccc(O[SiH](C)C)c2c1. The normalized spacial score (nSPS) is 10.8. The minimum atomic E-state index is -1.07. The summed E-state index contributed by atoms with van der Waals surface area (Å²) >= 11 is 0. The van der Waals surface area contributed by atoms with Crippen LogP contribution < -0.4 is 9.16 Å². The maximum Gasteiger partial charge on any atom is 0.229 e. The molecule has 0 aliphatic carbocycles. The van der Waals surface area contributed by atoms with Crippen molar-refractivity contribution in [2.45, 2.75) is 13.1 Å². The van der Waals surface area contributed by atoms with Crippen LogP contribution in [0.25, 0.3) is 10.8 Å². The van der Waals surface area contributed by atoms with Gasteiger partial charge in [-0.1, -0.05) is 18.2 Å². The number of ether oxygens (including phenoxy) is 1. The van der Waals surface area contributed by atoms with Crippen molar-refractivity contribution in [1.29, 1.82) is 0 Å². The van der Waals surface area contributed by atoms with Crippen LogP contribution in [0.3, 0.4) is 0 Å². The lowest BCUT2D eigenvalue weighted by atomic mass is 10.1. The van der Waals surface area contributed by atoms with Crippen LogP contribution in [0.15, 0.2) is 36.4 Å². The molecule has 0 saturated carbocycles. The van der Waals surface area contributed by atoms with E-state index in [4.69, 9.17) is 9.16 Å². The summed E-state index contributed by atoms with van der Waals surface area (Å²) in [4.78, 5) is 0. The lowest BCUT2D eigenvalue weighted by Gasteiger charge is -2.12. The summed E-state index contributed by atoms with van der Waals surface area (Å²) in [7, 11) is 0.612. The molecular weight excluding hydrogens is 216 g/mol. The van der Waals surface area contributed by atoms with E-state index in [1.165, 1.54) is 5.39 Å². The van der Waals surface area contributed by atoms with Crippen LogP contribution in [-0.2, 0) is 0 Å². The van der Waals surface area contributed by atoms with Crippen molar-refractivity contribution < 1.29 is 9.16 Å². The number of benzene rings is 2. The zero-order valence-corrected chi connectivity index (χ0v) is 11.0. The molecule has 3 heteroatoms. The van der Waals surface area contributed by atoms with Crippen molar-refractivity contribution in [3.05, 3.63) is 36.4 Å². The zero-order chi connectivity index (χ0) is 11.5. The fourth-order valence-corrected chi connectivity index (χ4v) is 2.42. The summed E-state index contributed by atoms with van der Waals surface area (Å²) in [6.45, 7) is 4.33. The molecule has 2 aromatic rings. The first-order valence-electron chi connectivity index (χ1n) is 5.44. The molecule has 0 bridgehead atoms. The fraction of sp³-hybridized carbons (Fsp3) is 0.231. The Morgan fingerprint density at radius 3 is 2.56 bits per heavy atom. The number of rotatable bonds is 3. The van der Waals surface area contributed by atoms with Crippen LogP contribution in [-0.4, -0.2) is 16.2 Å². The Balaban J connectivity index is 2.55. The molecule has 0 aliphatic rings. The third-order valence-corrected chi connectivity index (χ3v) is 3.14. The molecule has 0 radical (unpaired) electrons. The molecule has 84 valence electrons. The third-order valence-electron chi connectivity index (χ3n) is 2.41. The van der Waals surface area contributed by atoms with E-state index in [1.807, 2.05) is 24.3 Å². The highest BCUT2D eigenvalue weighted by Crippen LogP contribution is 2.29. The molecule has 0 spiro atoms. The molecule has 16 heavy (non-hydrogen) atoms. The van der Waals surface area contributed by atoms with Gasteiger partial charge in [0.25, 0.3) is 0 Å². The van der Waals surface area contributed by atoms with Gasteiger partial charge in [-0.25, -0.2) is 0 Å². The van der Waals surface area contributed by atoms with E-state index in [0.717, 1.165) is 16.9 Å². The predicted molar refractivity (Wildman–Crippen MR) is 70.0 cm³/mol. The average molecular weight is 232 g/mol. The molecule has 0 heterocycles. The molecule has 2 nitrogen and oxygen atoms in total. The lowest BCUT2D eigenvalue weighted by molar-refractivity contribution is 0.415. The lowest BCUT2D eigenvalue weighted by Crippen LogP contribution is -2.11. The maximum atomic E-state index is 5.91. The van der Waals surface area contributed by atoms with Crippen molar-refractivity contribution in [1.82, 2.24) is 0 Å². The molecule has 2 aromatic carbocycles. The second-order valence-corrected chi connectivity index (χ2v) is 6.34. The van der Waals surface area contributed by atoms with E-state index in [1.54, 1.807) is 7.11 Å². The van der Waals surface area contributed by atoms with Gasteiger partial charge in [-0.15, -0.1) is 0 Å². The van der Waals surface area contributed by atoms with Gasteiger partial charge in [0.15, 0.2) is 0 Å². The number of methoxy groups -OCH3 is 1. The Hall–Kier alpha value is -1.48. The van der Waals surface area contributed by atoms with Gasteiger partial charge in [0, 0.05) is 5.39 Å². The van der Waals surface area contributed by atoms with Crippen LogP contribution in [0.5, 0.6) is 11.5 Å². The highest BCUT2D eigenvalue weighted by Gasteiger charge is 2.05. The van der Waals surface area contributed by atoms with Crippen molar-refractivity contribution >= 4 is 19.8 Å². The number of hydrogen-bond acceptors (Lipinski definition) is 2. The summed E-state index contributed by atoms with van der Waals surface area (Å²) in [5.41, 5.74) is 0. The zero-order valence-electron chi connectivity index (χ0n) is 9.86. The largest absolute Gasteiger partial charge is 0.547 e. The van der Waals surface area contributed by atoms with Crippen LogP contribution in [0.2, 0.25) is 13.1 Å². The van der Waals surface area contributed by atoms with Crippen molar-refractivity contribution in [2.24, 2.45) is 0 Å². The molecule has 0 saturated heterocycles. The van der Waals surface area contributed by atoms with Crippen LogP contribution >= 0.6 is 0 Å². The highest BCUT2D eigenvalue weighted by atomic mass is 28.3. The summed E-state index contributed by atoms with van der Waals surface area (Å²) in [6, 6.07) is 12.2. The minimum Gasteiger partial charge on any atom is -0.547 e. The van der Waals surface area contributed by atoms with Gasteiger partial charge < -0.3 is 9.16 Å². The van der Waals surface area contributed by atoms with Crippen LogP contribution in [0.4, 0.5) is 0 Å². The average Bonchev–Trinajstić information content (AvgIpc) is 2.28. The molecule has 0 fully saturated rings. The highest BCUT2D eigenvalue weighted by molar-refractivity contribution is 6.49. The van der Waals surface area contributed by atoms with E-state index in [9.17, 15) is 0 Å². The summed E-state index contributed by atoms with van der Waals surface area (Å²) in [6.07, 6.45) is 0. The Kier molecular flexibility index (Phi) is 3.15. The Labute approximate surface area is 97.5 Å². The monoisotopic (exact) mass is 232 g/mol. The Bertz CT molecular complexity index is 494. The molecule has 0 atom stereocenters. The predicted octanol–water partition coefficient (Wildman–Crippen LogP) is 3.21. The molecule has 0 aliphatic heterocycles. The first-order chi connectivity index (χ1) is 7.70. The quantitative estimate of drug-likeness (QED) is 0.757. The molecule has 0 unspecified atom stereocenters. The van der Waals surface area contributed by atoms with Gasteiger partial charge in [-0.05, 0) is 36.7 Å². The van der Waals surface area contributed by atoms with Crippen molar-refractivity contribution in [3.8, 4) is 11.5 Å². The molecular formula is C13H16O2Si. The first kappa shape index (κ1) is 11.0. The number of hydrogen-bond donors (Lipinski definition) is 0. The molecule has 2 rings (SSSR count). The minimum absolute atomic E-state index is 0.869. The fourth-order valence-electron chi connectivity index (χ4n) is 1.71. The smallest absolute Gasteiger partial charge is 0.229 e. The van der Waals surface area contributed by atoms with Gasteiger partial charge in [-0.2, -0.15) is 0 Å². The van der Waals surface area contributed by atoms with Crippen molar-refractivity contribution in [3.63, 3.8) is 0 Å². The van der Waals surface area contributed by atoms with Gasteiger partial charge in [-0.3, -0.25) is 0 Å². The van der Waals surface area contributed by atoms with E-state index < -0.39 is 9.04 Å². The standard InChI is InChI=1S/C13H16O2Si/c1-14-11-8-7-10-5-4-6-13(12(10)9-11)15-16(2)3/h4-9,16H,1-3H3. The van der Waals surface area contributed by atoms with Crippen molar-refractivity contribution in [2.75, 3.05) is 7.11 Å². The van der Waals surface area contributed by atoms with Gasteiger partial charge in [0.1, 0.15) is 11.5 Å². The Morgan fingerprint density at radius 1 is 1.06 bits per heavy atom. The van der Waals surface area contributed by atoms with Crippen LogP contribution in [0, 0.1) is 0 Å². The van der Waals surface area contributed by atoms with Gasteiger partial charge >= 0.3 is 0 Å². The molecule has 0 N–H and O–H groups in total. The number of fused-ring (bicyclic) bond motifs is 1. The third kappa shape index (κ3) is 2.19. The summed E-state index contributed by atoms with van der Waals surface area (Å²) in [5, 5.41) is 2.32. The summed E-state index contributed by atoms with van der Waals surface area (Å²) < 4.78 is 11.1. The molecule has 0 amide bonds. The van der Waals surface area contributed by atoms with E-state index in [0.29, 0.717) is 0 Å². The van der Waals surface area contributed by atoms with E-state index in [2.05, 4.69) is 25.2 Å². The summed E-state index contributed by atoms with van der Waals surface area (Å²) in [5.74, 6) is 1.84. The van der Waals surface area contributed by atoms with Gasteiger partial charge in [0.05, 0.1) is 7.11 Å². The topological polar surface area (TPSA) is 18.5 Å². The first-order valence-corrected chi connectivity index (χ1v) is 8.22. The maximum absolute atomic E-state index is 5.91. The second-order valence-electron chi connectivity index (χ2n) is 4.01. The van der Waals surface area contributed by atoms with Gasteiger partial charge in [0.2, 0.25) is 9.04 Å². The van der Waals surface area contributed by atoms with E-state index in [-0.39, 0.29) is 0 Å².